The van der Waals surface area contributed by atoms with Gasteiger partial charge in [0.1, 0.15) is 0 Å². The van der Waals surface area contributed by atoms with Gasteiger partial charge in [-0.15, -0.1) is 0 Å². The molecule has 0 aliphatic carbocycles. The van der Waals surface area contributed by atoms with Crippen LogP contribution in [0.2, 0.25) is 0 Å². The number of nitrogens with zero attached hydrogens (tertiary/aromatic N) is 1. The number of hydrogen-bond acceptors (Lipinski definition) is 2. The Morgan fingerprint density at radius 2 is 2.07 bits per heavy atom. The van der Waals surface area contributed by atoms with E-state index < -0.39 is 0 Å². The van der Waals surface area contributed by atoms with Crippen molar-refractivity contribution in [3.8, 4) is 0 Å². The minimum absolute atomic E-state index is 0.0278. The standard InChI is InChI=1S/C23H25N3O2/c1-16-5-4-6-17(11-16)14-26-15-19(12-22(26)27)23(28)24-10-9-18-13-25-21-8-3-2-7-20(18)21/h2-8,11,13,19,25H,9-10,12,14-15H2,1H3,(H,24,28). The Morgan fingerprint density at radius 3 is 2.93 bits per heavy atom. The van der Waals surface area contributed by atoms with Gasteiger partial charge in [0.25, 0.3) is 0 Å². The van der Waals surface area contributed by atoms with Gasteiger partial charge in [0.15, 0.2) is 0 Å². The predicted molar refractivity (Wildman–Crippen MR) is 110 cm³/mol. The summed E-state index contributed by atoms with van der Waals surface area (Å²) in [5, 5.41) is 4.20. The van der Waals surface area contributed by atoms with Gasteiger partial charge in [-0.3, -0.25) is 9.59 Å². The van der Waals surface area contributed by atoms with Crippen molar-refractivity contribution in [2.45, 2.75) is 26.3 Å². The van der Waals surface area contributed by atoms with E-state index in [0.717, 1.165) is 17.5 Å². The number of hydrogen-bond donors (Lipinski definition) is 2. The molecular formula is C23H25N3O2. The van der Waals surface area contributed by atoms with Crippen molar-refractivity contribution in [2.24, 2.45) is 5.92 Å². The molecule has 0 radical (unpaired) electrons. The molecule has 3 aromatic rings. The van der Waals surface area contributed by atoms with Gasteiger partial charge in [-0.1, -0.05) is 48.0 Å². The third-order valence-electron chi connectivity index (χ3n) is 5.41. The second-order valence-corrected chi connectivity index (χ2v) is 7.56. The number of aryl methyl sites for hydroxylation is 1. The lowest BCUT2D eigenvalue weighted by atomic mass is 10.1. The maximum atomic E-state index is 12.5. The van der Waals surface area contributed by atoms with Crippen LogP contribution in [0.3, 0.4) is 0 Å². The summed E-state index contributed by atoms with van der Waals surface area (Å²) in [6.07, 6.45) is 3.06. The van der Waals surface area contributed by atoms with E-state index in [9.17, 15) is 9.59 Å². The Labute approximate surface area is 164 Å². The monoisotopic (exact) mass is 375 g/mol. The van der Waals surface area contributed by atoms with Crippen molar-refractivity contribution in [1.29, 1.82) is 0 Å². The first-order chi connectivity index (χ1) is 13.6. The smallest absolute Gasteiger partial charge is 0.225 e. The Bertz CT molecular complexity index is 1010. The molecule has 1 fully saturated rings. The number of carbonyl (C=O) groups is 2. The van der Waals surface area contributed by atoms with Crippen LogP contribution < -0.4 is 5.32 Å². The van der Waals surface area contributed by atoms with E-state index in [1.165, 1.54) is 16.5 Å². The highest BCUT2D eigenvalue weighted by molar-refractivity contribution is 5.89. The second kappa shape index (κ2) is 7.89. The maximum absolute atomic E-state index is 12.5. The Hall–Kier alpha value is -3.08. The zero-order chi connectivity index (χ0) is 19.5. The van der Waals surface area contributed by atoms with Crippen LogP contribution in [-0.4, -0.2) is 34.8 Å². The number of carbonyl (C=O) groups excluding carboxylic acids is 2. The van der Waals surface area contributed by atoms with Crippen LogP contribution in [0, 0.1) is 12.8 Å². The molecule has 2 N–H and O–H groups in total. The van der Waals surface area contributed by atoms with E-state index in [0.29, 0.717) is 26.1 Å². The molecule has 0 bridgehead atoms. The van der Waals surface area contributed by atoms with Crippen LogP contribution in [0.1, 0.15) is 23.1 Å². The van der Waals surface area contributed by atoms with Crippen molar-refractivity contribution < 1.29 is 9.59 Å². The number of aromatic nitrogens is 1. The third-order valence-corrected chi connectivity index (χ3v) is 5.41. The minimum atomic E-state index is -0.264. The highest BCUT2D eigenvalue weighted by Gasteiger charge is 2.34. The maximum Gasteiger partial charge on any atom is 0.225 e. The van der Waals surface area contributed by atoms with Crippen molar-refractivity contribution in [1.82, 2.24) is 15.2 Å². The number of likely N-dealkylation sites (tertiary alicyclic amines) is 1. The minimum Gasteiger partial charge on any atom is -0.361 e. The fourth-order valence-corrected chi connectivity index (χ4v) is 3.93. The van der Waals surface area contributed by atoms with E-state index >= 15 is 0 Å². The molecule has 2 aromatic carbocycles. The molecule has 1 aliphatic heterocycles. The van der Waals surface area contributed by atoms with Gasteiger partial charge in [0, 0.05) is 43.2 Å². The Balaban J connectivity index is 1.30. The summed E-state index contributed by atoms with van der Waals surface area (Å²) in [7, 11) is 0. The van der Waals surface area contributed by atoms with Crippen LogP contribution in [0.25, 0.3) is 10.9 Å². The van der Waals surface area contributed by atoms with Crippen molar-refractivity contribution >= 4 is 22.7 Å². The van der Waals surface area contributed by atoms with Crippen molar-refractivity contribution in [3.63, 3.8) is 0 Å². The Morgan fingerprint density at radius 1 is 1.21 bits per heavy atom. The molecule has 1 unspecified atom stereocenters. The average Bonchev–Trinajstić information content (AvgIpc) is 3.26. The lowest BCUT2D eigenvalue weighted by Crippen LogP contribution is -2.34. The molecule has 1 aliphatic rings. The first-order valence-electron chi connectivity index (χ1n) is 9.76. The van der Waals surface area contributed by atoms with E-state index in [1.54, 1.807) is 4.90 Å². The number of benzene rings is 2. The molecule has 0 spiro atoms. The lowest BCUT2D eigenvalue weighted by molar-refractivity contribution is -0.129. The van der Waals surface area contributed by atoms with Crippen LogP contribution >= 0.6 is 0 Å². The molecule has 28 heavy (non-hydrogen) atoms. The third kappa shape index (κ3) is 3.93. The normalized spacial score (nSPS) is 16.7. The summed E-state index contributed by atoms with van der Waals surface area (Å²) < 4.78 is 0. The summed E-state index contributed by atoms with van der Waals surface area (Å²) in [4.78, 5) is 29.9. The molecule has 2 heterocycles. The zero-order valence-electron chi connectivity index (χ0n) is 16.1. The molecular weight excluding hydrogens is 350 g/mol. The van der Waals surface area contributed by atoms with Gasteiger partial charge in [-0.25, -0.2) is 0 Å². The highest BCUT2D eigenvalue weighted by atomic mass is 16.2. The van der Waals surface area contributed by atoms with Gasteiger partial charge in [-0.2, -0.15) is 0 Å². The van der Waals surface area contributed by atoms with Crippen LogP contribution in [0.4, 0.5) is 0 Å². The number of amides is 2. The van der Waals surface area contributed by atoms with E-state index in [1.807, 2.05) is 49.5 Å². The molecule has 144 valence electrons. The van der Waals surface area contributed by atoms with Gasteiger partial charge in [-0.05, 0) is 30.5 Å². The van der Waals surface area contributed by atoms with Gasteiger partial charge >= 0.3 is 0 Å². The van der Waals surface area contributed by atoms with E-state index in [2.05, 4.69) is 22.4 Å². The molecule has 1 atom stereocenters. The number of para-hydroxylation sites is 1. The van der Waals surface area contributed by atoms with Crippen LogP contribution in [0.15, 0.2) is 54.7 Å². The van der Waals surface area contributed by atoms with E-state index in [4.69, 9.17) is 0 Å². The Kier molecular flexibility index (Phi) is 5.15. The number of nitrogens with one attached hydrogen (secondary N) is 2. The summed E-state index contributed by atoms with van der Waals surface area (Å²) in [6.45, 7) is 3.67. The van der Waals surface area contributed by atoms with Crippen molar-refractivity contribution in [3.05, 3.63) is 71.4 Å². The lowest BCUT2D eigenvalue weighted by Gasteiger charge is -2.17. The SMILES string of the molecule is Cc1cccc(CN2CC(C(=O)NCCc3c[nH]c4ccccc34)CC2=O)c1. The van der Waals surface area contributed by atoms with Crippen LogP contribution in [-0.2, 0) is 22.6 Å². The topological polar surface area (TPSA) is 65.2 Å². The summed E-state index contributed by atoms with van der Waals surface area (Å²) in [5.74, 6) is -0.238. The fourth-order valence-electron chi connectivity index (χ4n) is 3.93. The summed E-state index contributed by atoms with van der Waals surface area (Å²) in [5.41, 5.74) is 4.58. The van der Waals surface area contributed by atoms with Gasteiger partial charge in [0.05, 0.1) is 5.92 Å². The van der Waals surface area contributed by atoms with Crippen molar-refractivity contribution in [2.75, 3.05) is 13.1 Å². The number of fused-ring (bicyclic) bond motifs is 1. The first-order valence-corrected chi connectivity index (χ1v) is 9.76. The van der Waals surface area contributed by atoms with E-state index in [-0.39, 0.29) is 17.7 Å². The van der Waals surface area contributed by atoms with Gasteiger partial charge in [0.2, 0.25) is 11.8 Å². The molecule has 0 saturated carbocycles. The molecule has 4 rings (SSSR count). The van der Waals surface area contributed by atoms with Gasteiger partial charge < -0.3 is 15.2 Å². The number of rotatable bonds is 6. The molecule has 1 aromatic heterocycles. The number of aromatic amines is 1. The van der Waals surface area contributed by atoms with Crippen LogP contribution in [0.5, 0.6) is 0 Å². The molecule has 5 nitrogen and oxygen atoms in total. The first kappa shape index (κ1) is 18.3. The largest absolute Gasteiger partial charge is 0.361 e. The molecule has 2 amide bonds. The summed E-state index contributed by atoms with van der Waals surface area (Å²) in [6, 6.07) is 16.3. The second-order valence-electron chi connectivity index (χ2n) is 7.56. The predicted octanol–water partition coefficient (Wildman–Crippen LogP) is 3.18. The summed E-state index contributed by atoms with van der Waals surface area (Å²) >= 11 is 0. The average molecular weight is 375 g/mol. The molecule has 1 saturated heterocycles. The zero-order valence-corrected chi connectivity index (χ0v) is 16.1. The highest BCUT2D eigenvalue weighted by Crippen LogP contribution is 2.21. The quantitative estimate of drug-likeness (QED) is 0.695. The molecule has 5 heteroatoms. The fraction of sp³-hybridized carbons (Fsp3) is 0.304. The number of H-pyrrole nitrogens is 1.